The van der Waals surface area contributed by atoms with Crippen LogP contribution >= 0.6 is 0 Å². The third-order valence-electron chi connectivity index (χ3n) is 3.74. The van der Waals surface area contributed by atoms with Gasteiger partial charge >= 0.3 is 0 Å². The number of nitrogens with zero attached hydrogens (tertiary/aromatic N) is 3. The van der Waals surface area contributed by atoms with Crippen molar-refractivity contribution in [3.63, 3.8) is 0 Å². The van der Waals surface area contributed by atoms with Gasteiger partial charge in [-0.2, -0.15) is 5.10 Å². The molecule has 0 saturated heterocycles. The van der Waals surface area contributed by atoms with Gasteiger partial charge in [0.25, 0.3) is 0 Å². The first-order chi connectivity index (χ1) is 10.8. The summed E-state index contributed by atoms with van der Waals surface area (Å²) in [6.45, 7) is 2.02. The van der Waals surface area contributed by atoms with Crippen LogP contribution in [0.3, 0.4) is 0 Å². The van der Waals surface area contributed by atoms with Gasteiger partial charge in [-0.3, -0.25) is 10.1 Å². The van der Waals surface area contributed by atoms with Gasteiger partial charge in [0.15, 0.2) is 12.2 Å². The van der Waals surface area contributed by atoms with Crippen molar-refractivity contribution in [1.29, 1.82) is 0 Å². The van der Waals surface area contributed by atoms with E-state index >= 15 is 0 Å². The van der Waals surface area contributed by atoms with Crippen molar-refractivity contribution in [3.8, 4) is 11.3 Å². The van der Waals surface area contributed by atoms with Crippen LogP contribution in [-0.2, 0) is 6.42 Å². The van der Waals surface area contributed by atoms with Crippen molar-refractivity contribution in [3.05, 3.63) is 66.1 Å². The van der Waals surface area contributed by atoms with Crippen LogP contribution in [0.25, 0.3) is 22.2 Å². The van der Waals surface area contributed by atoms with Gasteiger partial charge in [-0.1, -0.05) is 18.2 Å². The van der Waals surface area contributed by atoms with Gasteiger partial charge in [-0.25, -0.2) is 4.98 Å². The lowest BCUT2D eigenvalue weighted by Crippen LogP contribution is -1.94. The predicted octanol–water partition coefficient (Wildman–Crippen LogP) is 3.51. The molecule has 0 unspecified atom stereocenters. The molecule has 0 amide bonds. The Balaban J connectivity index is 1.74. The fraction of sp³-hybridized carbons (Fsp3) is 0.118. The first-order valence-electron chi connectivity index (χ1n) is 7.07. The maximum atomic E-state index is 5.36. The molecule has 0 spiro atoms. The highest BCUT2D eigenvalue weighted by Crippen LogP contribution is 2.24. The number of hydrogen-bond acceptors (Lipinski definition) is 4. The first-order valence-corrected chi connectivity index (χ1v) is 7.07. The Labute approximate surface area is 127 Å². The monoisotopic (exact) mass is 290 g/mol. The average Bonchev–Trinajstić information content (AvgIpc) is 3.19. The zero-order valence-corrected chi connectivity index (χ0v) is 12.1. The van der Waals surface area contributed by atoms with Crippen LogP contribution in [-0.4, -0.2) is 20.2 Å². The standard InChI is InChI=1S/C17H14N4O/c1-11-17-14(21-20-11)5-6-19-15(17)8-12-3-2-4-13(7-12)16-9-18-10-22-16/h2-7,9-10H,8H2,1H3,(H,20,21). The summed E-state index contributed by atoms with van der Waals surface area (Å²) >= 11 is 0. The molecule has 5 heteroatoms. The molecule has 108 valence electrons. The van der Waals surface area contributed by atoms with E-state index in [1.165, 1.54) is 12.0 Å². The highest BCUT2D eigenvalue weighted by molar-refractivity contribution is 5.83. The van der Waals surface area contributed by atoms with Gasteiger partial charge in [-0.05, 0) is 24.6 Å². The minimum atomic E-state index is 0.750. The van der Waals surface area contributed by atoms with E-state index in [-0.39, 0.29) is 0 Å². The van der Waals surface area contributed by atoms with E-state index in [9.17, 15) is 0 Å². The molecule has 0 atom stereocenters. The summed E-state index contributed by atoms with van der Waals surface area (Å²) in [5, 5.41) is 8.42. The Morgan fingerprint density at radius 1 is 1.23 bits per heavy atom. The van der Waals surface area contributed by atoms with Crippen LogP contribution in [0.2, 0.25) is 0 Å². The van der Waals surface area contributed by atoms with E-state index in [1.807, 2.05) is 25.1 Å². The lowest BCUT2D eigenvalue weighted by atomic mass is 10.0. The van der Waals surface area contributed by atoms with Gasteiger partial charge in [0.2, 0.25) is 0 Å². The highest BCUT2D eigenvalue weighted by Gasteiger charge is 2.10. The van der Waals surface area contributed by atoms with Gasteiger partial charge in [-0.15, -0.1) is 0 Å². The van der Waals surface area contributed by atoms with Crippen LogP contribution in [0.1, 0.15) is 17.0 Å². The number of rotatable bonds is 3. The predicted molar refractivity (Wildman–Crippen MR) is 83.4 cm³/mol. The maximum absolute atomic E-state index is 5.36. The summed E-state index contributed by atoms with van der Waals surface area (Å²) in [7, 11) is 0. The summed E-state index contributed by atoms with van der Waals surface area (Å²) in [6.07, 6.45) is 5.72. The van der Waals surface area contributed by atoms with E-state index in [0.717, 1.165) is 40.0 Å². The van der Waals surface area contributed by atoms with Gasteiger partial charge < -0.3 is 4.42 Å². The largest absolute Gasteiger partial charge is 0.444 e. The number of hydrogen-bond donors (Lipinski definition) is 1. The molecule has 0 aliphatic rings. The number of aryl methyl sites for hydroxylation is 1. The molecule has 0 aliphatic heterocycles. The Bertz CT molecular complexity index is 925. The number of aromatic amines is 1. The lowest BCUT2D eigenvalue weighted by molar-refractivity contribution is 0.572. The van der Waals surface area contributed by atoms with Crippen molar-refractivity contribution in [2.75, 3.05) is 0 Å². The van der Waals surface area contributed by atoms with E-state index in [4.69, 9.17) is 4.42 Å². The molecule has 4 rings (SSSR count). The third-order valence-corrected chi connectivity index (χ3v) is 3.74. The number of aromatic nitrogens is 4. The van der Waals surface area contributed by atoms with Crippen LogP contribution in [0, 0.1) is 6.92 Å². The number of oxazole rings is 1. The summed E-state index contributed by atoms with van der Waals surface area (Å²) < 4.78 is 5.36. The molecular formula is C17H14N4O. The van der Waals surface area contributed by atoms with Crippen LogP contribution in [0.4, 0.5) is 0 Å². The minimum Gasteiger partial charge on any atom is -0.444 e. The minimum absolute atomic E-state index is 0.750. The van der Waals surface area contributed by atoms with Gasteiger partial charge in [0.1, 0.15) is 0 Å². The van der Waals surface area contributed by atoms with E-state index < -0.39 is 0 Å². The van der Waals surface area contributed by atoms with Crippen molar-refractivity contribution in [2.45, 2.75) is 13.3 Å². The Kier molecular flexibility index (Phi) is 2.96. The van der Waals surface area contributed by atoms with E-state index in [0.29, 0.717) is 0 Å². The molecule has 0 saturated carbocycles. The fourth-order valence-corrected chi connectivity index (χ4v) is 2.72. The van der Waals surface area contributed by atoms with Gasteiger partial charge in [0.05, 0.1) is 17.4 Å². The van der Waals surface area contributed by atoms with Crippen molar-refractivity contribution in [1.82, 2.24) is 20.2 Å². The second kappa shape index (κ2) is 5.11. The smallest absolute Gasteiger partial charge is 0.181 e. The van der Waals surface area contributed by atoms with Crippen molar-refractivity contribution in [2.24, 2.45) is 0 Å². The second-order valence-corrected chi connectivity index (χ2v) is 5.24. The van der Waals surface area contributed by atoms with E-state index in [1.54, 1.807) is 12.4 Å². The number of pyridine rings is 1. The van der Waals surface area contributed by atoms with E-state index in [2.05, 4.69) is 32.3 Å². The molecule has 1 N–H and O–H groups in total. The van der Waals surface area contributed by atoms with Gasteiger partial charge in [0, 0.05) is 29.3 Å². The summed E-state index contributed by atoms with van der Waals surface area (Å²) in [5.74, 6) is 0.771. The number of nitrogens with one attached hydrogen (secondary N) is 1. The molecule has 4 aromatic rings. The molecule has 0 bridgehead atoms. The summed E-state index contributed by atoms with van der Waals surface area (Å²) in [4.78, 5) is 8.50. The lowest BCUT2D eigenvalue weighted by Gasteiger charge is -2.05. The molecule has 3 heterocycles. The molecule has 0 fully saturated rings. The third kappa shape index (κ3) is 2.16. The SMILES string of the molecule is Cc1[nH]nc2ccnc(Cc3cccc(-c4cnco4)c3)c12. The summed E-state index contributed by atoms with van der Waals surface area (Å²) in [6, 6.07) is 10.2. The molecular weight excluding hydrogens is 276 g/mol. The average molecular weight is 290 g/mol. The van der Waals surface area contributed by atoms with Crippen LogP contribution in [0.15, 0.2) is 53.5 Å². The molecule has 22 heavy (non-hydrogen) atoms. The van der Waals surface area contributed by atoms with Crippen LogP contribution in [0.5, 0.6) is 0 Å². The van der Waals surface area contributed by atoms with Crippen LogP contribution < -0.4 is 0 Å². The number of H-pyrrole nitrogens is 1. The number of benzene rings is 1. The molecule has 5 nitrogen and oxygen atoms in total. The topological polar surface area (TPSA) is 67.6 Å². The Morgan fingerprint density at radius 3 is 3.05 bits per heavy atom. The fourth-order valence-electron chi connectivity index (χ4n) is 2.72. The zero-order valence-electron chi connectivity index (χ0n) is 12.1. The molecule has 0 radical (unpaired) electrons. The highest BCUT2D eigenvalue weighted by atomic mass is 16.3. The molecule has 3 aromatic heterocycles. The second-order valence-electron chi connectivity index (χ2n) is 5.24. The van der Waals surface area contributed by atoms with Crippen molar-refractivity contribution < 1.29 is 4.42 Å². The summed E-state index contributed by atoms with van der Waals surface area (Å²) in [5.41, 5.74) is 5.22. The normalized spacial score (nSPS) is 11.1. The quantitative estimate of drug-likeness (QED) is 0.627. The first kappa shape index (κ1) is 12.8. The molecule has 0 aliphatic carbocycles. The Hall–Kier alpha value is -2.95. The number of fused-ring (bicyclic) bond motifs is 1. The maximum Gasteiger partial charge on any atom is 0.181 e. The Morgan fingerprint density at radius 2 is 2.18 bits per heavy atom. The molecule has 1 aromatic carbocycles. The zero-order chi connectivity index (χ0) is 14.9. The van der Waals surface area contributed by atoms with Crippen molar-refractivity contribution >= 4 is 10.9 Å².